The van der Waals surface area contributed by atoms with E-state index in [1.54, 1.807) is 19.4 Å². The minimum absolute atomic E-state index is 0.312. The Hall–Kier alpha value is -1.82. The molecule has 0 spiro atoms. The molecule has 1 heterocycles. The summed E-state index contributed by atoms with van der Waals surface area (Å²) in [5.74, 6) is -0.312. The molecule has 1 aromatic heterocycles. The van der Waals surface area contributed by atoms with Crippen molar-refractivity contribution in [2.45, 2.75) is 26.4 Å². The first-order valence-electron chi connectivity index (χ1n) is 6.84. The number of carbonyl (C=O) groups is 1. The Kier molecular flexibility index (Phi) is 5.38. The first-order valence-corrected chi connectivity index (χ1v) is 7.63. The zero-order valence-corrected chi connectivity index (χ0v) is 13.6. The molecule has 1 aromatic carbocycles. The van der Waals surface area contributed by atoms with Gasteiger partial charge in [-0.25, -0.2) is 9.78 Å². The van der Waals surface area contributed by atoms with Crippen LogP contribution in [0.3, 0.4) is 0 Å². The molecule has 0 aliphatic rings. The number of carbonyl (C=O) groups excluding carboxylic acids is 1. The van der Waals surface area contributed by atoms with Gasteiger partial charge in [-0.3, -0.25) is 0 Å². The van der Waals surface area contributed by atoms with Gasteiger partial charge in [0.2, 0.25) is 0 Å². The molecule has 0 saturated carbocycles. The molecule has 1 atom stereocenters. The first kappa shape index (κ1) is 15.6. The van der Waals surface area contributed by atoms with Crippen molar-refractivity contribution in [1.29, 1.82) is 0 Å². The lowest BCUT2D eigenvalue weighted by Gasteiger charge is -2.19. The molecule has 2 rings (SSSR count). The summed E-state index contributed by atoms with van der Waals surface area (Å²) in [5, 5.41) is 3.22. The van der Waals surface area contributed by atoms with Crippen molar-refractivity contribution < 1.29 is 9.53 Å². The van der Waals surface area contributed by atoms with Gasteiger partial charge in [0.15, 0.2) is 6.04 Å². The van der Waals surface area contributed by atoms with Crippen molar-refractivity contribution in [2.75, 3.05) is 11.9 Å². The van der Waals surface area contributed by atoms with E-state index in [2.05, 4.69) is 26.2 Å². The fourth-order valence-corrected chi connectivity index (χ4v) is 2.46. The molecule has 0 radical (unpaired) electrons. The van der Waals surface area contributed by atoms with E-state index in [0.29, 0.717) is 6.61 Å². The second-order valence-electron chi connectivity index (χ2n) is 4.44. The fraction of sp³-hybridized carbons (Fsp3) is 0.333. The molecule has 0 amide bonds. The SMILES string of the molecule is CCOC(=O)C(Nc1cccc(Br)c1)c1cncn1CC. The number of nitrogens with one attached hydrogen (secondary N) is 1. The summed E-state index contributed by atoms with van der Waals surface area (Å²) in [6.45, 7) is 4.89. The summed E-state index contributed by atoms with van der Waals surface area (Å²) in [6.07, 6.45) is 3.40. The van der Waals surface area contributed by atoms with Gasteiger partial charge in [0.05, 0.1) is 24.8 Å². The second kappa shape index (κ2) is 7.26. The average molecular weight is 352 g/mol. The predicted molar refractivity (Wildman–Crippen MR) is 85.0 cm³/mol. The number of nitrogens with zero attached hydrogens (tertiary/aromatic N) is 2. The van der Waals surface area contributed by atoms with E-state index in [0.717, 1.165) is 22.4 Å². The molecule has 0 bridgehead atoms. The highest BCUT2D eigenvalue weighted by molar-refractivity contribution is 9.10. The van der Waals surface area contributed by atoms with Gasteiger partial charge in [-0.2, -0.15) is 0 Å². The van der Waals surface area contributed by atoms with Crippen LogP contribution >= 0.6 is 15.9 Å². The Morgan fingerprint density at radius 2 is 2.29 bits per heavy atom. The summed E-state index contributed by atoms with van der Waals surface area (Å²) in [4.78, 5) is 16.4. The van der Waals surface area contributed by atoms with Crippen LogP contribution in [0.4, 0.5) is 5.69 Å². The number of hydrogen-bond acceptors (Lipinski definition) is 4. The van der Waals surface area contributed by atoms with Crippen molar-refractivity contribution in [3.05, 3.63) is 47.0 Å². The zero-order valence-electron chi connectivity index (χ0n) is 12.0. The smallest absolute Gasteiger partial charge is 0.334 e. The van der Waals surface area contributed by atoms with Crippen LogP contribution in [0.2, 0.25) is 0 Å². The highest BCUT2D eigenvalue weighted by atomic mass is 79.9. The van der Waals surface area contributed by atoms with E-state index in [1.165, 1.54) is 0 Å². The minimum atomic E-state index is -0.582. The number of ether oxygens (including phenoxy) is 1. The van der Waals surface area contributed by atoms with Crippen molar-refractivity contribution in [1.82, 2.24) is 9.55 Å². The zero-order chi connectivity index (χ0) is 15.2. The van der Waals surface area contributed by atoms with E-state index in [-0.39, 0.29) is 5.97 Å². The van der Waals surface area contributed by atoms with Crippen LogP contribution in [0.1, 0.15) is 25.6 Å². The third-order valence-corrected chi connectivity index (χ3v) is 3.53. The molecule has 0 fully saturated rings. The van der Waals surface area contributed by atoms with Crippen LogP contribution < -0.4 is 5.32 Å². The number of anilines is 1. The van der Waals surface area contributed by atoms with E-state index < -0.39 is 6.04 Å². The molecule has 21 heavy (non-hydrogen) atoms. The molecule has 0 aliphatic heterocycles. The van der Waals surface area contributed by atoms with Crippen LogP contribution in [0.25, 0.3) is 0 Å². The van der Waals surface area contributed by atoms with Crippen molar-refractivity contribution in [3.8, 4) is 0 Å². The Labute approximate surface area is 132 Å². The molecule has 6 heteroatoms. The van der Waals surface area contributed by atoms with Crippen LogP contribution in [0, 0.1) is 0 Å². The normalized spacial score (nSPS) is 12.0. The summed E-state index contributed by atoms with van der Waals surface area (Å²) in [5.41, 5.74) is 1.63. The van der Waals surface area contributed by atoms with Gasteiger partial charge in [0, 0.05) is 16.7 Å². The largest absolute Gasteiger partial charge is 0.464 e. The summed E-state index contributed by atoms with van der Waals surface area (Å²) >= 11 is 3.42. The van der Waals surface area contributed by atoms with Gasteiger partial charge in [0.25, 0.3) is 0 Å². The molecular weight excluding hydrogens is 334 g/mol. The molecule has 0 saturated heterocycles. The molecule has 1 unspecified atom stereocenters. The number of imidazole rings is 1. The monoisotopic (exact) mass is 351 g/mol. The second-order valence-corrected chi connectivity index (χ2v) is 5.36. The van der Waals surface area contributed by atoms with E-state index >= 15 is 0 Å². The van der Waals surface area contributed by atoms with E-state index in [9.17, 15) is 4.79 Å². The molecular formula is C15H18BrN3O2. The summed E-state index contributed by atoms with van der Waals surface area (Å²) < 4.78 is 8.04. The van der Waals surface area contributed by atoms with Gasteiger partial charge in [-0.1, -0.05) is 22.0 Å². The van der Waals surface area contributed by atoms with Gasteiger partial charge < -0.3 is 14.6 Å². The van der Waals surface area contributed by atoms with Crippen LogP contribution in [-0.2, 0) is 16.1 Å². The van der Waals surface area contributed by atoms with Crippen LogP contribution in [-0.4, -0.2) is 22.1 Å². The lowest BCUT2D eigenvalue weighted by molar-refractivity contribution is -0.144. The summed E-state index contributed by atoms with van der Waals surface area (Å²) in [7, 11) is 0. The Morgan fingerprint density at radius 1 is 1.48 bits per heavy atom. The average Bonchev–Trinajstić information content (AvgIpc) is 2.93. The summed E-state index contributed by atoms with van der Waals surface area (Å²) in [6, 6.07) is 7.08. The predicted octanol–water partition coefficient (Wildman–Crippen LogP) is 3.38. The van der Waals surface area contributed by atoms with Crippen molar-refractivity contribution >= 4 is 27.6 Å². The molecule has 112 valence electrons. The van der Waals surface area contributed by atoms with Crippen LogP contribution in [0.5, 0.6) is 0 Å². The first-order chi connectivity index (χ1) is 10.2. The van der Waals surface area contributed by atoms with Crippen molar-refractivity contribution in [2.24, 2.45) is 0 Å². The number of benzene rings is 1. The standard InChI is InChI=1S/C15H18BrN3O2/c1-3-19-10-17-9-13(19)14(15(20)21-4-2)18-12-7-5-6-11(16)8-12/h5-10,14,18H,3-4H2,1-2H3. The molecule has 1 N–H and O–H groups in total. The third-order valence-electron chi connectivity index (χ3n) is 3.04. The number of halogens is 1. The maximum atomic E-state index is 12.3. The van der Waals surface area contributed by atoms with Gasteiger partial charge in [-0.05, 0) is 32.0 Å². The van der Waals surface area contributed by atoms with E-state index in [4.69, 9.17) is 4.74 Å². The minimum Gasteiger partial charge on any atom is -0.464 e. The highest BCUT2D eigenvalue weighted by Gasteiger charge is 2.25. The lowest BCUT2D eigenvalue weighted by Crippen LogP contribution is -2.25. The Balaban J connectivity index is 2.30. The molecule has 0 aliphatic carbocycles. The quantitative estimate of drug-likeness (QED) is 0.810. The third kappa shape index (κ3) is 3.85. The lowest BCUT2D eigenvalue weighted by atomic mass is 10.2. The Morgan fingerprint density at radius 3 is 2.95 bits per heavy atom. The van der Waals surface area contributed by atoms with E-state index in [1.807, 2.05) is 35.8 Å². The number of rotatable bonds is 6. The maximum Gasteiger partial charge on any atom is 0.334 e. The topological polar surface area (TPSA) is 56.1 Å². The molecule has 5 nitrogen and oxygen atoms in total. The van der Waals surface area contributed by atoms with Crippen LogP contribution in [0.15, 0.2) is 41.3 Å². The number of aromatic nitrogens is 2. The fourth-order valence-electron chi connectivity index (χ4n) is 2.06. The number of aryl methyl sites for hydroxylation is 1. The highest BCUT2D eigenvalue weighted by Crippen LogP contribution is 2.23. The van der Waals surface area contributed by atoms with Crippen molar-refractivity contribution in [3.63, 3.8) is 0 Å². The van der Waals surface area contributed by atoms with Gasteiger partial charge >= 0.3 is 5.97 Å². The Bertz CT molecular complexity index is 612. The van der Waals surface area contributed by atoms with Gasteiger partial charge in [0.1, 0.15) is 0 Å². The molecule has 2 aromatic rings. The number of esters is 1. The maximum absolute atomic E-state index is 12.3. The van der Waals surface area contributed by atoms with Gasteiger partial charge in [-0.15, -0.1) is 0 Å². The number of hydrogen-bond donors (Lipinski definition) is 1.